The monoisotopic (exact) mass is 281 g/mol. The summed E-state index contributed by atoms with van der Waals surface area (Å²) >= 11 is 3.51. The molecule has 2 rings (SSSR count). The Morgan fingerprint density at radius 2 is 2.25 bits per heavy atom. The standard InChI is InChI=1S/C14H20BrN/c1-2-13(7-8-15)16-10-12-9-11-5-3-4-6-14(11)12/h3-6,12-13,16H,2,7-10H2,1H3. The van der Waals surface area contributed by atoms with Crippen molar-refractivity contribution in [3.8, 4) is 0 Å². The molecular formula is C14H20BrN. The van der Waals surface area contributed by atoms with Gasteiger partial charge < -0.3 is 5.32 Å². The van der Waals surface area contributed by atoms with Crippen molar-refractivity contribution in [3.63, 3.8) is 0 Å². The van der Waals surface area contributed by atoms with Gasteiger partial charge in [0, 0.05) is 23.8 Å². The molecule has 2 unspecified atom stereocenters. The van der Waals surface area contributed by atoms with Gasteiger partial charge in [-0.3, -0.25) is 0 Å². The minimum Gasteiger partial charge on any atom is -0.313 e. The molecule has 0 amide bonds. The Balaban J connectivity index is 1.81. The summed E-state index contributed by atoms with van der Waals surface area (Å²) in [4.78, 5) is 0. The molecule has 0 aromatic heterocycles. The first-order valence-electron chi connectivity index (χ1n) is 6.22. The normalized spacial score (nSPS) is 20.0. The molecule has 0 bridgehead atoms. The summed E-state index contributed by atoms with van der Waals surface area (Å²) in [6.07, 6.45) is 3.71. The van der Waals surface area contributed by atoms with Crippen molar-refractivity contribution < 1.29 is 0 Å². The quantitative estimate of drug-likeness (QED) is 0.788. The Hall–Kier alpha value is -0.340. The van der Waals surface area contributed by atoms with E-state index in [4.69, 9.17) is 0 Å². The van der Waals surface area contributed by atoms with E-state index in [1.165, 1.54) is 19.3 Å². The third-order valence-electron chi connectivity index (χ3n) is 3.56. The van der Waals surface area contributed by atoms with Crippen LogP contribution in [-0.2, 0) is 6.42 Å². The second-order valence-electron chi connectivity index (χ2n) is 4.59. The van der Waals surface area contributed by atoms with Crippen LogP contribution in [-0.4, -0.2) is 17.9 Å². The predicted octanol–water partition coefficient (Wildman–Crippen LogP) is 3.48. The Labute approximate surface area is 107 Å². The van der Waals surface area contributed by atoms with E-state index in [0.29, 0.717) is 6.04 Å². The molecule has 0 radical (unpaired) electrons. The average Bonchev–Trinajstić information content (AvgIpc) is 2.29. The van der Waals surface area contributed by atoms with Gasteiger partial charge in [0.05, 0.1) is 0 Å². The highest BCUT2D eigenvalue weighted by Crippen LogP contribution is 2.34. The lowest BCUT2D eigenvalue weighted by Crippen LogP contribution is -2.36. The van der Waals surface area contributed by atoms with Crippen LogP contribution in [0.2, 0.25) is 0 Å². The molecule has 1 aliphatic carbocycles. The summed E-state index contributed by atoms with van der Waals surface area (Å²) in [5.74, 6) is 0.751. The molecule has 0 aliphatic heterocycles. The molecule has 0 saturated carbocycles. The van der Waals surface area contributed by atoms with Crippen molar-refractivity contribution in [2.75, 3.05) is 11.9 Å². The molecule has 0 heterocycles. The molecule has 1 aromatic carbocycles. The van der Waals surface area contributed by atoms with Gasteiger partial charge in [0.15, 0.2) is 0 Å². The van der Waals surface area contributed by atoms with Gasteiger partial charge in [0.25, 0.3) is 0 Å². The molecule has 0 fully saturated rings. The molecule has 2 atom stereocenters. The topological polar surface area (TPSA) is 12.0 Å². The Bertz CT molecular complexity index is 337. The molecule has 1 aliphatic rings. The van der Waals surface area contributed by atoms with Gasteiger partial charge in [-0.1, -0.05) is 47.1 Å². The molecule has 1 aromatic rings. The van der Waals surface area contributed by atoms with Gasteiger partial charge in [0.2, 0.25) is 0 Å². The summed E-state index contributed by atoms with van der Waals surface area (Å²) < 4.78 is 0. The molecule has 1 N–H and O–H groups in total. The first-order chi connectivity index (χ1) is 7.85. The average molecular weight is 282 g/mol. The number of rotatable bonds is 6. The summed E-state index contributed by atoms with van der Waals surface area (Å²) in [7, 11) is 0. The zero-order valence-corrected chi connectivity index (χ0v) is 11.5. The molecule has 0 saturated heterocycles. The van der Waals surface area contributed by atoms with E-state index in [1.54, 1.807) is 11.1 Å². The van der Waals surface area contributed by atoms with Crippen LogP contribution < -0.4 is 5.32 Å². The predicted molar refractivity (Wildman–Crippen MR) is 73.4 cm³/mol. The Kier molecular flexibility index (Phi) is 4.42. The molecule has 2 heteroatoms. The summed E-state index contributed by atoms with van der Waals surface area (Å²) in [5, 5.41) is 4.78. The molecule has 0 spiro atoms. The third-order valence-corrected chi connectivity index (χ3v) is 4.02. The maximum absolute atomic E-state index is 3.68. The SMILES string of the molecule is CCC(CCBr)NCC1Cc2ccccc21. The number of hydrogen-bond donors (Lipinski definition) is 1. The van der Waals surface area contributed by atoms with Crippen molar-refractivity contribution in [3.05, 3.63) is 35.4 Å². The zero-order valence-electron chi connectivity index (χ0n) is 9.88. The first-order valence-corrected chi connectivity index (χ1v) is 7.34. The van der Waals surface area contributed by atoms with E-state index in [1.807, 2.05) is 0 Å². The zero-order chi connectivity index (χ0) is 11.4. The van der Waals surface area contributed by atoms with E-state index in [0.717, 1.165) is 17.8 Å². The molecule has 1 nitrogen and oxygen atoms in total. The number of hydrogen-bond acceptors (Lipinski definition) is 1. The second-order valence-corrected chi connectivity index (χ2v) is 5.38. The number of benzene rings is 1. The number of alkyl halides is 1. The van der Waals surface area contributed by atoms with Gasteiger partial charge in [0.1, 0.15) is 0 Å². The van der Waals surface area contributed by atoms with E-state index < -0.39 is 0 Å². The van der Waals surface area contributed by atoms with Crippen molar-refractivity contribution in [1.29, 1.82) is 0 Å². The van der Waals surface area contributed by atoms with E-state index >= 15 is 0 Å². The van der Waals surface area contributed by atoms with Crippen molar-refractivity contribution in [2.24, 2.45) is 0 Å². The van der Waals surface area contributed by atoms with Gasteiger partial charge in [-0.05, 0) is 30.4 Å². The first kappa shape index (κ1) is 12.1. The fourth-order valence-corrected chi connectivity index (χ4v) is 2.99. The van der Waals surface area contributed by atoms with Crippen molar-refractivity contribution >= 4 is 15.9 Å². The maximum Gasteiger partial charge on any atom is 0.00726 e. The van der Waals surface area contributed by atoms with Crippen molar-refractivity contribution in [1.82, 2.24) is 5.32 Å². The highest BCUT2D eigenvalue weighted by molar-refractivity contribution is 9.09. The van der Waals surface area contributed by atoms with Gasteiger partial charge in [-0.2, -0.15) is 0 Å². The molecular weight excluding hydrogens is 262 g/mol. The number of fused-ring (bicyclic) bond motifs is 1. The van der Waals surface area contributed by atoms with Crippen LogP contribution in [0, 0.1) is 0 Å². The Morgan fingerprint density at radius 3 is 2.94 bits per heavy atom. The summed E-state index contributed by atoms with van der Waals surface area (Å²) in [6.45, 7) is 3.40. The van der Waals surface area contributed by atoms with Crippen LogP contribution in [0.4, 0.5) is 0 Å². The van der Waals surface area contributed by atoms with Crippen LogP contribution in [0.1, 0.15) is 36.8 Å². The van der Waals surface area contributed by atoms with E-state index in [9.17, 15) is 0 Å². The smallest absolute Gasteiger partial charge is 0.00726 e. The maximum atomic E-state index is 3.68. The minimum atomic E-state index is 0.673. The number of nitrogens with one attached hydrogen (secondary N) is 1. The summed E-state index contributed by atoms with van der Waals surface area (Å²) in [5.41, 5.74) is 3.10. The van der Waals surface area contributed by atoms with Crippen LogP contribution >= 0.6 is 15.9 Å². The molecule has 16 heavy (non-hydrogen) atoms. The van der Waals surface area contributed by atoms with Crippen LogP contribution in [0.25, 0.3) is 0 Å². The molecule has 88 valence electrons. The summed E-state index contributed by atoms with van der Waals surface area (Å²) in [6, 6.07) is 9.49. The largest absolute Gasteiger partial charge is 0.313 e. The van der Waals surface area contributed by atoms with Crippen LogP contribution in [0.15, 0.2) is 24.3 Å². The second kappa shape index (κ2) is 5.83. The number of halogens is 1. The van der Waals surface area contributed by atoms with Crippen LogP contribution in [0.5, 0.6) is 0 Å². The lowest BCUT2D eigenvalue weighted by molar-refractivity contribution is 0.443. The third kappa shape index (κ3) is 2.67. The fraction of sp³-hybridized carbons (Fsp3) is 0.571. The van der Waals surface area contributed by atoms with Gasteiger partial charge in [-0.15, -0.1) is 0 Å². The van der Waals surface area contributed by atoms with Crippen LogP contribution in [0.3, 0.4) is 0 Å². The minimum absolute atomic E-state index is 0.673. The lowest BCUT2D eigenvalue weighted by atomic mass is 9.77. The Morgan fingerprint density at radius 1 is 1.44 bits per heavy atom. The highest BCUT2D eigenvalue weighted by atomic mass is 79.9. The van der Waals surface area contributed by atoms with E-state index in [-0.39, 0.29) is 0 Å². The highest BCUT2D eigenvalue weighted by Gasteiger charge is 2.25. The van der Waals surface area contributed by atoms with Crippen molar-refractivity contribution in [2.45, 2.75) is 38.1 Å². The van der Waals surface area contributed by atoms with Gasteiger partial charge >= 0.3 is 0 Å². The fourth-order valence-electron chi connectivity index (χ4n) is 2.44. The van der Waals surface area contributed by atoms with Gasteiger partial charge in [-0.25, -0.2) is 0 Å². The van der Waals surface area contributed by atoms with E-state index in [2.05, 4.69) is 52.4 Å². The lowest BCUT2D eigenvalue weighted by Gasteiger charge is -2.31.